The van der Waals surface area contributed by atoms with Crippen LogP contribution in [0.3, 0.4) is 0 Å². The Bertz CT molecular complexity index is 590. The average molecular weight is 415 g/mol. The van der Waals surface area contributed by atoms with Gasteiger partial charge in [0.15, 0.2) is 0 Å². The maximum atomic E-state index is 6.01. The lowest BCUT2D eigenvalue weighted by Gasteiger charge is -2.13. The van der Waals surface area contributed by atoms with E-state index in [1.807, 2.05) is 36.4 Å². The van der Waals surface area contributed by atoms with E-state index in [4.69, 9.17) is 9.47 Å². The molecule has 2 aromatic rings. The van der Waals surface area contributed by atoms with Gasteiger partial charge in [-0.3, -0.25) is 0 Å². The zero-order chi connectivity index (χ0) is 15.1. The summed E-state index contributed by atoms with van der Waals surface area (Å²) in [6.45, 7) is 2.22. The summed E-state index contributed by atoms with van der Waals surface area (Å²) in [6.07, 6.45) is 0. The summed E-state index contributed by atoms with van der Waals surface area (Å²) in [5.41, 5.74) is 1.09. The number of nitrogens with one attached hydrogen (secondary N) is 1. The van der Waals surface area contributed by atoms with Gasteiger partial charge in [-0.15, -0.1) is 0 Å². The van der Waals surface area contributed by atoms with Crippen LogP contribution >= 0.6 is 31.9 Å². The lowest BCUT2D eigenvalue weighted by atomic mass is 10.2. The number of rotatable bonds is 7. The van der Waals surface area contributed by atoms with Crippen molar-refractivity contribution in [2.75, 3.05) is 20.3 Å². The fourth-order valence-corrected chi connectivity index (χ4v) is 2.60. The Balaban J connectivity index is 2.13. The number of ether oxygens (including phenoxy) is 2. The summed E-state index contributed by atoms with van der Waals surface area (Å²) in [5, 5.41) is 3.33. The van der Waals surface area contributed by atoms with Gasteiger partial charge in [0.25, 0.3) is 0 Å². The van der Waals surface area contributed by atoms with Crippen LogP contribution in [0.25, 0.3) is 0 Å². The standard InChI is InChI=1S/C16H17Br2NO2/c1-20-9-8-19-11-12-10-13(17)6-7-15(12)21-16-5-3-2-4-14(16)18/h2-7,10,19H,8-9,11H2,1H3. The van der Waals surface area contributed by atoms with Gasteiger partial charge < -0.3 is 14.8 Å². The van der Waals surface area contributed by atoms with Crippen molar-refractivity contribution in [3.63, 3.8) is 0 Å². The SMILES string of the molecule is COCCNCc1cc(Br)ccc1Oc1ccccc1Br. The molecule has 0 saturated carbocycles. The Kier molecular flexibility index (Phi) is 6.70. The molecule has 0 bridgehead atoms. The first-order valence-electron chi connectivity index (χ1n) is 6.61. The molecule has 0 spiro atoms. The second-order valence-electron chi connectivity index (χ2n) is 4.45. The molecule has 0 amide bonds. The van der Waals surface area contributed by atoms with Gasteiger partial charge in [0, 0.05) is 30.2 Å². The van der Waals surface area contributed by atoms with Gasteiger partial charge in [0.05, 0.1) is 11.1 Å². The quantitative estimate of drug-likeness (QED) is 0.663. The van der Waals surface area contributed by atoms with Crippen molar-refractivity contribution in [1.29, 1.82) is 0 Å². The minimum atomic E-state index is 0.689. The Morgan fingerprint density at radius 2 is 1.86 bits per heavy atom. The van der Waals surface area contributed by atoms with Crippen molar-refractivity contribution < 1.29 is 9.47 Å². The maximum Gasteiger partial charge on any atom is 0.141 e. The molecule has 0 heterocycles. The third kappa shape index (κ3) is 5.11. The summed E-state index contributed by atoms with van der Waals surface area (Å²) >= 11 is 7.00. The number of halogens is 2. The Labute approximate surface area is 141 Å². The second kappa shape index (κ2) is 8.54. The number of methoxy groups -OCH3 is 1. The molecular weight excluding hydrogens is 398 g/mol. The van der Waals surface area contributed by atoms with E-state index in [2.05, 4.69) is 43.2 Å². The molecule has 0 atom stereocenters. The van der Waals surface area contributed by atoms with Crippen LogP contribution in [0.4, 0.5) is 0 Å². The van der Waals surface area contributed by atoms with Crippen molar-refractivity contribution in [1.82, 2.24) is 5.32 Å². The molecule has 0 fully saturated rings. The van der Waals surface area contributed by atoms with E-state index in [9.17, 15) is 0 Å². The van der Waals surface area contributed by atoms with Crippen LogP contribution in [0.15, 0.2) is 51.4 Å². The van der Waals surface area contributed by atoms with E-state index < -0.39 is 0 Å². The van der Waals surface area contributed by atoms with Crippen LogP contribution in [0.1, 0.15) is 5.56 Å². The summed E-state index contributed by atoms with van der Waals surface area (Å²) < 4.78 is 13.0. The third-order valence-corrected chi connectivity index (χ3v) is 4.03. The number of hydrogen-bond donors (Lipinski definition) is 1. The summed E-state index contributed by atoms with van der Waals surface area (Å²) in [5.74, 6) is 1.65. The normalized spacial score (nSPS) is 10.6. The average Bonchev–Trinajstić information content (AvgIpc) is 2.48. The molecule has 112 valence electrons. The van der Waals surface area contributed by atoms with Gasteiger partial charge >= 0.3 is 0 Å². The lowest BCUT2D eigenvalue weighted by molar-refractivity contribution is 0.199. The molecule has 0 aliphatic carbocycles. The first-order valence-corrected chi connectivity index (χ1v) is 8.20. The van der Waals surface area contributed by atoms with Crippen LogP contribution in [0, 0.1) is 0 Å². The molecule has 0 radical (unpaired) electrons. The van der Waals surface area contributed by atoms with E-state index in [1.165, 1.54) is 0 Å². The van der Waals surface area contributed by atoms with Gasteiger partial charge in [-0.05, 0) is 46.3 Å². The minimum Gasteiger partial charge on any atom is -0.456 e. The molecule has 5 heteroatoms. The molecule has 0 aliphatic rings. The zero-order valence-electron chi connectivity index (χ0n) is 11.7. The summed E-state index contributed by atoms with van der Waals surface area (Å²) in [4.78, 5) is 0. The van der Waals surface area contributed by atoms with Crippen molar-refractivity contribution in [3.05, 3.63) is 57.0 Å². The van der Waals surface area contributed by atoms with Crippen molar-refractivity contribution in [3.8, 4) is 11.5 Å². The predicted molar refractivity (Wildman–Crippen MR) is 91.9 cm³/mol. The smallest absolute Gasteiger partial charge is 0.141 e. The summed E-state index contributed by atoms with van der Waals surface area (Å²) in [7, 11) is 1.70. The van der Waals surface area contributed by atoms with Crippen molar-refractivity contribution in [2.45, 2.75) is 6.54 Å². The molecule has 21 heavy (non-hydrogen) atoms. The van der Waals surface area contributed by atoms with Crippen LogP contribution in [-0.4, -0.2) is 20.3 Å². The van der Waals surface area contributed by atoms with Crippen LogP contribution in [-0.2, 0) is 11.3 Å². The maximum absolute atomic E-state index is 6.01. The molecule has 2 rings (SSSR count). The number of benzene rings is 2. The van der Waals surface area contributed by atoms with Crippen LogP contribution < -0.4 is 10.1 Å². The van der Waals surface area contributed by atoms with Crippen molar-refractivity contribution >= 4 is 31.9 Å². The Morgan fingerprint density at radius 1 is 1.05 bits per heavy atom. The number of hydrogen-bond acceptors (Lipinski definition) is 3. The Hall–Kier alpha value is -0.880. The highest BCUT2D eigenvalue weighted by molar-refractivity contribution is 9.10. The third-order valence-electron chi connectivity index (χ3n) is 2.88. The second-order valence-corrected chi connectivity index (χ2v) is 6.22. The fourth-order valence-electron chi connectivity index (χ4n) is 1.83. The monoisotopic (exact) mass is 413 g/mol. The van der Waals surface area contributed by atoms with Gasteiger partial charge in [-0.2, -0.15) is 0 Å². The lowest BCUT2D eigenvalue weighted by Crippen LogP contribution is -2.18. The highest BCUT2D eigenvalue weighted by Gasteiger charge is 2.08. The number of para-hydroxylation sites is 1. The first kappa shape index (κ1) is 16.5. The van der Waals surface area contributed by atoms with E-state index in [1.54, 1.807) is 7.11 Å². The van der Waals surface area contributed by atoms with Crippen molar-refractivity contribution in [2.24, 2.45) is 0 Å². The summed E-state index contributed by atoms with van der Waals surface area (Å²) in [6, 6.07) is 13.8. The molecular formula is C16H17Br2NO2. The van der Waals surface area contributed by atoms with Gasteiger partial charge in [-0.25, -0.2) is 0 Å². The molecule has 0 saturated heterocycles. The molecule has 2 aromatic carbocycles. The largest absolute Gasteiger partial charge is 0.456 e. The molecule has 0 aromatic heterocycles. The predicted octanol–water partition coefficient (Wildman–Crippen LogP) is 4.74. The Morgan fingerprint density at radius 3 is 2.62 bits per heavy atom. The first-order chi connectivity index (χ1) is 10.2. The van der Waals surface area contributed by atoms with E-state index in [-0.39, 0.29) is 0 Å². The van der Waals surface area contributed by atoms with Crippen LogP contribution in [0.2, 0.25) is 0 Å². The van der Waals surface area contributed by atoms with Gasteiger partial charge in [0.2, 0.25) is 0 Å². The molecule has 0 unspecified atom stereocenters. The highest BCUT2D eigenvalue weighted by Crippen LogP contribution is 2.32. The minimum absolute atomic E-state index is 0.689. The van der Waals surface area contributed by atoms with E-state index in [0.717, 1.165) is 39.1 Å². The molecule has 1 N–H and O–H groups in total. The fraction of sp³-hybridized carbons (Fsp3) is 0.250. The van der Waals surface area contributed by atoms with E-state index in [0.29, 0.717) is 6.61 Å². The molecule has 3 nitrogen and oxygen atoms in total. The van der Waals surface area contributed by atoms with E-state index >= 15 is 0 Å². The van der Waals surface area contributed by atoms with Gasteiger partial charge in [0.1, 0.15) is 11.5 Å². The zero-order valence-corrected chi connectivity index (χ0v) is 14.9. The molecule has 0 aliphatic heterocycles. The van der Waals surface area contributed by atoms with Gasteiger partial charge in [-0.1, -0.05) is 28.1 Å². The van der Waals surface area contributed by atoms with Crippen LogP contribution in [0.5, 0.6) is 11.5 Å². The topological polar surface area (TPSA) is 30.5 Å². The highest BCUT2D eigenvalue weighted by atomic mass is 79.9.